The quantitative estimate of drug-likeness (QED) is 0.905. The first-order chi connectivity index (χ1) is 11.5. The summed E-state index contributed by atoms with van der Waals surface area (Å²) in [4.78, 5) is 17.7. The van der Waals surface area contributed by atoms with Crippen molar-refractivity contribution >= 4 is 34.9 Å². The third-order valence-corrected chi connectivity index (χ3v) is 4.20. The van der Waals surface area contributed by atoms with E-state index in [0.29, 0.717) is 40.3 Å². The highest BCUT2D eigenvalue weighted by Gasteiger charge is 2.32. The second-order valence-corrected chi connectivity index (χ2v) is 6.02. The number of aromatic nitrogens is 1. The molecule has 1 saturated heterocycles. The highest BCUT2D eigenvalue weighted by atomic mass is 35.5. The number of rotatable bonds is 3. The number of urea groups is 1. The second kappa shape index (κ2) is 6.95. The Morgan fingerprint density at radius 1 is 1.29 bits per heavy atom. The first-order valence-electron chi connectivity index (χ1n) is 7.09. The number of likely N-dealkylation sites (tertiary alicyclic amines) is 1. The van der Waals surface area contributed by atoms with E-state index in [0.717, 1.165) is 0 Å². The number of nitrogens with one attached hydrogen (secondary N) is 1. The Bertz CT molecular complexity index is 799. The number of pyridine rings is 1. The summed E-state index contributed by atoms with van der Waals surface area (Å²) in [6.07, 6.45) is 1.33. The number of anilines is 1. The van der Waals surface area contributed by atoms with Gasteiger partial charge in [-0.1, -0.05) is 23.2 Å². The largest absolute Gasteiger partial charge is 0.471 e. The molecule has 24 heavy (non-hydrogen) atoms. The lowest BCUT2D eigenvalue weighted by Crippen LogP contribution is -2.57. The Hall–Kier alpha value is -2.49. The van der Waals surface area contributed by atoms with Gasteiger partial charge in [-0.2, -0.15) is 5.26 Å². The van der Waals surface area contributed by atoms with Crippen molar-refractivity contribution in [2.45, 2.75) is 6.10 Å². The van der Waals surface area contributed by atoms with E-state index in [4.69, 9.17) is 33.2 Å². The summed E-state index contributed by atoms with van der Waals surface area (Å²) in [6, 6.07) is 9.92. The zero-order chi connectivity index (χ0) is 17.1. The van der Waals surface area contributed by atoms with Crippen LogP contribution >= 0.6 is 23.2 Å². The fraction of sp³-hybridized carbons (Fsp3) is 0.188. The summed E-state index contributed by atoms with van der Waals surface area (Å²) >= 11 is 11.8. The number of benzene rings is 1. The van der Waals surface area contributed by atoms with Gasteiger partial charge in [-0.15, -0.1) is 0 Å². The molecule has 0 bridgehead atoms. The molecule has 1 aliphatic rings. The van der Waals surface area contributed by atoms with Gasteiger partial charge < -0.3 is 15.0 Å². The molecule has 1 N–H and O–H groups in total. The highest BCUT2D eigenvalue weighted by molar-refractivity contribution is 6.42. The fourth-order valence-corrected chi connectivity index (χ4v) is 2.44. The van der Waals surface area contributed by atoms with Gasteiger partial charge in [0.2, 0.25) is 5.88 Å². The van der Waals surface area contributed by atoms with Crippen molar-refractivity contribution in [3.8, 4) is 11.9 Å². The Labute approximate surface area is 148 Å². The van der Waals surface area contributed by atoms with E-state index < -0.39 is 0 Å². The van der Waals surface area contributed by atoms with Crippen LogP contribution in [-0.4, -0.2) is 35.1 Å². The van der Waals surface area contributed by atoms with Crippen molar-refractivity contribution in [3.63, 3.8) is 0 Å². The van der Waals surface area contributed by atoms with Gasteiger partial charge in [-0.05, 0) is 24.3 Å². The average molecular weight is 363 g/mol. The number of hydrogen-bond acceptors (Lipinski definition) is 4. The van der Waals surface area contributed by atoms with Gasteiger partial charge in [0.1, 0.15) is 12.2 Å². The van der Waals surface area contributed by atoms with Crippen molar-refractivity contribution in [2.24, 2.45) is 0 Å². The third kappa shape index (κ3) is 3.70. The fourth-order valence-electron chi connectivity index (χ4n) is 2.14. The van der Waals surface area contributed by atoms with Gasteiger partial charge >= 0.3 is 6.03 Å². The van der Waals surface area contributed by atoms with E-state index in [1.807, 2.05) is 6.07 Å². The number of nitriles is 1. The molecule has 0 saturated carbocycles. The van der Waals surface area contributed by atoms with Gasteiger partial charge in [0, 0.05) is 18.0 Å². The normalized spacial score (nSPS) is 13.8. The Kier molecular flexibility index (Phi) is 4.74. The molecule has 2 heterocycles. The van der Waals surface area contributed by atoms with Crippen molar-refractivity contribution in [2.75, 3.05) is 18.4 Å². The number of carbonyl (C=O) groups is 1. The van der Waals surface area contributed by atoms with Gasteiger partial charge in [-0.3, -0.25) is 0 Å². The van der Waals surface area contributed by atoms with Crippen molar-refractivity contribution in [3.05, 3.63) is 52.1 Å². The summed E-state index contributed by atoms with van der Waals surface area (Å²) in [7, 11) is 0. The van der Waals surface area contributed by atoms with E-state index in [2.05, 4.69) is 10.3 Å². The van der Waals surface area contributed by atoms with Crippen LogP contribution in [0.3, 0.4) is 0 Å². The molecule has 0 radical (unpaired) electrons. The number of hydrogen-bond donors (Lipinski definition) is 1. The average Bonchev–Trinajstić information content (AvgIpc) is 2.54. The lowest BCUT2D eigenvalue weighted by molar-refractivity contribution is 0.0461. The van der Waals surface area contributed by atoms with E-state index >= 15 is 0 Å². The van der Waals surface area contributed by atoms with Crippen LogP contribution in [-0.2, 0) is 0 Å². The molecule has 1 aromatic heterocycles. The summed E-state index contributed by atoms with van der Waals surface area (Å²) in [5.41, 5.74) is 1.05. The lowest BCUT2D eigenvalue weighted by Gasteiger charge is -2.38. The van der Waals surface area contributed by atoms with Crippen LogP contribution < -0.4 is 10.1 Å². The van der Waals surface area contributed by atoms with Crippen LogP contribution in [0.2, 0.25) is 10.0 Å². The molecule has 2 amide bonds. The van der Waals surface area contributed by atoms with Gasteiger partial charge in [-0.25, -0.2) is 9.78 Å². The molecular weight excluding hydrogens is 351 g/mol. The van der Waals surface area contributed by atoms with Crippen molar-refractivity contribution in [1.29, 1.82) is 5.26 Å². The maximum absolute atomic E-state index is 12.1. The molecule has 6 nitrogen and oxygen atoms in total. The number of halogens is 2. The van der Waals surface area contributed by atoms with E-state index in [-0.39, 0.29) is 12.1 Å². The maximum Gasteiger partial charge on any atom is 0.322 e. The smallest absolute Gasteiger partial charge is 0.322 e. The molecule has 0 atom stereocenters. The molecule has 0 unspecified atom stereocenters. The van der Waals surface area contributed by atoms with E-state index in [1.165, 1.54) is 6.20 Å². The Morgan fingerprint density at radius 3 is 2.71 bits per heavy atom. The van der Waals surface area contributed by atoms with Crippen LogP contribution in [0.4, 0.5) is 10.5 Å². The van der Waals surface area contributed by atoms with Gasteiger partial charge in [0.05, 0.1) is 28.7 Å². The van der Waals surface area contributed by atoms with Gasteiger partial charge in [0.15, 0.2) is 0 Å². The molecular formula is C16H12Cl2N4O2. The minimum atomic E-state index is -0.235. The minimum absolute atomic E-state index is 0.120. The predicted molar refractivity (Wildman–Crippen MR) is 90.4 cm³/mol. The van der Waals surface area contributed by atoms with Crippen molar-refractivity contribution in [1.82, 2.24) is 9.88 Å². The summed E-state index contributed by atoms with van der Waals surface area (Å²) in [5.74, 6) is 0.434. The SMILES string of the molecule is N#Cc1ccc(OC2CN(C(=O)Nc3ccc(Cl)c(Cl)c3)C2)nc1. The molecule has 122 valence electrons. The van der Waals surface area contributed by atoms with E-state index in [9.17, 15) is 4.79 Å². The first-order valence-corrected chi connectivity index (χ1v) is 7.84. The minimum Gasteiger partial charge on any atom is -0.471 e. The van der Waals surface area contributed by atoms with Crippen molar-refractivity contribution < 1.29 is 9.53 Å². The number of ether oxygens (including phenoxy) is 1. The van der Waals surface area contributed by atoms with E-state index in [1.54, 1.807) is 35.2 Å². The summed E-state index contributed by atoms with van der Waals surface area (Å²) in [5, 5.41) is 12.3. The molecule has 2 aromatic rings. The third-order valence-electron chi connectivity index (χ3n) is 3.46. The predicted octanol–water partition coefficient (Wildman–Crippen LogP) is 3.56. The summed E-state index contributed by atoms with van der Waals surface area (Å²) < 4.78 is 5.63. The van der Waals surface area contributed by atoms with Crippen LogP contribution in [0.15, 0.2) is 36.5 Å². The molecule has 1 fully saturated rings. The zero-order valence-electron chi connectivity index (χ0n) is 12.4. The zero-order valence-corrected chi connectivity index (χ0v) is 13.9. The highest BCUT2D eigenvalue weighted by Crippen LogP contribution is 2.25. The van der Waals surface area contributed by atoms with Crippen LogP contribution in [0.1, 0.15) is 5.56 Å². The number of carbonyl (C=O) groups excluding carboxylic acids is 1. The standard InChI is InChI=1S/C16H12Cl2N4O2/c17-13-3-2-11(5-14(13)18)21-16(23)22-8-12(9-22)24-15-4-1-10(6-19)7-20-15/h1-5,7,12H,8-9H2,(H,21,23). The van der Waals surface area contributed by atoms with Crippen LogP contribution in [0.25, 0.3) is 0 Å². The first kappa shape index (κ1) is 16.4. The van der Waals surface area contributed by atoms with Gasteiger partial charge in [0.25, 0.3) is 0 Å². The van der Waals surface area contributed by atoms with Crippen LogP contribution in [0, 0.1) is 11.3 Å². The number of amides is 2. The monoisotopic (exact) mass is 362 g/mol. The maximum atomic E-state index is 12.1. The Morgan fingerprint density at radius 2 is 2.08 bits per heavy atom. The number of nitrogens with zero attached hydrogens (tertiary/aromatic N) is 3. The molecule has 0 spiro atoms. The molecule has 1 aromatic carbocycles. The van der Waals surface area contributed by atoms with Crippen LogP contribution in [0.5, 0.6) is 5.88 Å². The molecule has 0 aliphatic carbocycles. The topological polar surface area (TPSA) is 78.2 Å². The molecule has 1 aliphatic heterocycles. The Balaban J connectivity index is 1.49. The summed E-state index contributed by atoms with van der Waals surface area (Å²) in [6.45, 7) is 0.906. The molecule has 8 heteroatoms. The molecule has 3 rings (SSSR count). The lowest BCUT2D eigenvalue weighted by atomic mass is 10.2. The second-order valence-electron chi connectivity index (χ2n) is 5.20.